The van der Waals surface area contributed by atoms with Crippen molar-refractivity contribution >= 4 is 11.7 Å². The lowest BCUT2D eigenvalue weighted by atomic mass is 10.1. The number of piperazine rings is 1. The van der Waals surface area contributed by atoms with Gasteiger partial charge in [-0.15, -0.1) is 0 Å². The van der Waals surface area contributed by atoms with Gasteiger partial charge in [-0.3, -0.25) is 9.69 Å². The molecule has 7 nitrogen and oxygen atoms in total. The van der Waals surface area contributed by atoms with Gasteiger partial charge in [0.25, 0.3) is 5.91 Å². The minimum Gasteiger partial charge on any atom is -0.379 e. The zero-order valence-corrected chi connectivity index (χ0v) is 10.1. The Kier molecular flexibility index (Phi) is 3.28. The number of likely N-dealkylation sites (N-methyl/N-ethyl adjacent to an activating group) is 1. The monoisotopic (exact) mass is 239 g/mol. The van der Waals surface area contributed by atoms with E-state index in [1.54, 1.807) is 4.90 Å². The molecule has 1 aromatic rings. The van der Waals surface area contributed by atoms with Crippen LogP contribution in [0.2, 0.25) is 0 Å². The van der Waals surface area contributed by atoms with Gasteiger partial charge in [0, 0.05) is 25.7 Å². The van der Waals surface area contributed by atoms with Crippen LogP contribution in [-0.2, 0) is 0 Å². The Morgan fingerprint density at radius 1 is 1.53 bits per heavy atom. The van der Waals surface area contributed by atoms with Gasteiger partial charge in [0.05, 0.1) is 0 Å². The molecule has 1 unspecified atom stereocenters. The third-order valence-electron chi connectivity index (χ3n) is 3.25. The zero-order valence-electron chi connectivity index (χ0n) is 10.1. The van der Waals surface area contributed by atoms with Crippen molar-refractivity contribution in [2.45, 2.75) is 19.4 Å². The maximum Gasteiger partial charge on any atom is 0.280 e. The first-order valence-electron chi connectivity index (χ1n) is 5.71. The summed E-state index contributed by atoms with van der Waals surface area (Å²) >= 11 is 0. The van der Waals surface area contributed by atoms with Crippen molar-refractivity contribution in [2.75, 3.05) is 32.4 Å². The number of rotatable bonds is 2. The highest BCUT2D eigenvalue weighted by Crippen LogP contribution is 2.15. The van der Waals surface area contributed by atoms with Crippen LogP contribution in [0.5, 0.6) is 0 Å². The standard InChI is InChI=1S/C10H17N5O2/c1-3-7-6-15(5-4-14(7)2)10(16)8-9(11)13-17-12-8/h7H,3-6H2,1-2H3,(H2,11,13). The molecule has 0 saturated carbocycles. The first-order chi connectivity index (χ1) is 8.13. The molecular formula is C10H17N5O2. The number of nitrogens with two attached hydrogens (primary N) is 1. The highest BCUT2D eigenvalue weighted by molar-refractivity contribution is 5.96. The molecule has 1 aliphatic rings. The molecule has 1 aliphatic heterocycles. The number of nitrogens with zero attached hydrogens (tertiary/aromatic N) is 4. The number of aromatic nitrogens is 2. The first kappa shape index (κ1) is 11.8. The Morgan fingerprint density at radius 3 is 2.88 bits per heavy atom. The number of hydrogen-bond acceptors (Lipinski definition) is 6. The summed E-state index contributed by atoms with van der Waals surface area (Å²) < 4.78 is 4.45. The molecule has 17 heavy (non-hydrogen) atoms. The van der Waals surface area contributed by atoms with Crippen molar-refractivity contribution in [3.05, 3.63) is 5.69 Å². The number of amides is 1. The Balaban J connectivity index is 2.09. The van der Waals surface area contributed by atoms with Crippen LogP contribution in [0.4, 0.5) is 5.82 Å². The van der Waals surface area contributed by atoms with Crippen molar-refractivity contribution < 1.29 is 9.42 Å². The van der Waals surface area contributed by atoms with E-state index in [1.165, 1.54) is 0 Å². The average Bonchev–Trinajstić information content (AvgIpc) is 2.75. The van der Waals surface area contributed by atoms with E-state index in [2.05, 4.69) is 33.8 Å². The number of anilines is 1. The summed E-state index contributed by atoms with van der Waals surface area (Å²) in [7, 11) is 2.07. The molecule has 1 amide bonds. The smallest absolute Gasteiger partial charge is 0.280 e. The van der Waals surface area contributed by atoms with E-state index in [0.717, 1.165) is 13.0 Å². The van der Waals surface area contributed by atoms with E-state index >= 15 is 0 Å². The largest absolute Gasteiger partial charge is 0.379 e. The molecule has 2 rings (SSSR count). The van der Waals surface area contributed by atoms with Gasteiger partial charge >= 0.3 is 0 Å². The lowest BCUT2D eigenvalue weighted by Gasteiger charge is -2.38. The molecule has 1 aromatic heterocycles. The van der Waals surface area contributed by atoms with Gasteiger partial charge in [0.2, 0.25) is 11.5 Å². The summed E-state index contributed by atoms with van der Waals surface area (Å²) in [4.78, 5) is 16.1. The van der Waals surface area contributed by atoms with Crippen LogP contribution in [0.3, 0.4) is 0 Å². The molecule has 0 aromatic carbocycles. The van der Waals surface area contributed by atoms with Crippen LogP contribution in [0.15, 0.2) is 4.63 Å². The van der Waals surface area contributed by atoms with E-state index in [0.29, 0.717) is 19.1 Å². The maximum atomic E-state index is 12.1. The lowest BCUT2D eigenvalue weighted by molar-refractivity contribution is 0.0532. The van der Waals surface area contributed by atoms with Gasteiger partial charge in [-0.1, -0.05) is 6.92 Å². The Labute approximate surface area is 99.5 Å². The van der Waals surface area contributed by atoms with Gasteiger partial charge < -0.3 is 10.6 Å². The molecule has 1 saturated heterocycles. The molecule has 2 N–H and O–H groups in total. The topological polar surface area (TPSA) is 88.5 Å². The van der Waals surface area contributed by atoms with E-state index < -0.39 is 0 Å². The average molecular weight is 239 g/mol. The van der Waals surface area contributed by atoms with Crippen molar-refractivity contribution in [1.29, 1.82) is 0 Å². The van der Waals surface area contributed by atoms with Gasteiger partial charge in [0.15, 0.2) is 0 Å². The quantitative estimate of drug-likeness (QED) is 0.770. The van der Waals surface area contributed by atoms with Crippen molar-refractivity contribution in [2.24, 2.45) is 0 Å². The Hall–Kier alpha value is -1.63. The number of nitrogen functional groups attached to an aromatic ring is 1. The normalized spacial score (nSPS) is 21.8. The summed E-state index contributed by atoms with van der Waals surface area (Å²) in [5, 5.41) is 6.97. The van der Waals surface area contributed by atoms with Gasteiger partial charge in [-0.2, -0.15) is 0 Å². The molecule has 0 aliphatic carbocycles. The highest BCUT2D eigenvalue weighted by Gasteiger charge is 2.29. The van der Waals surface area contributed by atoms with E-state index in [-0.39, 0.29) is 17.4 Å². The summed E-state index contributed by atoms with van der Waals surface area (Å²) in [5.74, 6) is -0.141. The van der Waals surface area contributed by atoms with E-state index in [9.17, 15) is 4.79 Å². The van der Waals surface area contributed by atoms with Gasteiger partial charge in [-0.25, -0.2) is 4.63 Å². The maximum absolute atomic E-state index is 12.1. The van der Waals surface area contributed by atoms with Crippen molar-refractivity contribution in [3.8, 4) is 0 Å². The second-order valence-electron chi connectivity index (χ2n) is 4.29. The van der Waals surface area contributed by atoms with E-state index in [1.807, 2.05) is 0 Å². The summed E-state index contributed by atoms with van der Waals surface area (Å²) in [6, 6.07) is 0.383. The Morgan fingerprint density at radius 2 is 2.29 bits per heavy atom. The molecule has 1 atom stereocenters. The molecule has 0 radical (unpaired) electrons. The van der Waals surface area contributed by atoms with Gasteiger partial charge in [0.1, 0.15) is 0 Å². The minimum absolute atomic E-state index is 0.0574. The predicted octanol–water partition coefficient (Wildman–Crippen LogP) is -0.182. The van der Waals surface area contributed by atoms with Crippen LogP contribution in [0.25, 0.3) is 0 Å². The highest BCUT2D eigenvalue weighted by atomic mass is 16.6. The molecule has 94 valence electrons. The number of carbonyl (C=O) groups excluding carboxylic acids is 1. The second-order valence-corrected chi connectivity index (χ2v) is 4.29. The SMILES string of the molecule is CCC1CN(C(=O)c2nonc2N)CCN1C. The van der Waals surface area contributed by atoms with Crippen LogP contribution in [0.1, 0.15) is 23.8 Å². The molecule has 7 heteroatoms. The van der Waals surface area contributed by atoms with Crippen LogP contribution < -0.4 is 5.73 Å². The van der Waals surface area contributed by atoms with Crippen LogP contribution in [0, 0.1) is 0 Å². The summed E-state index contributed by atoms with van der Waals surface area (Å²) in [5.41, 5.74) is 5.63. The van der Waals surface area contributed by atoms with Gasteiger partial charge in [-0.05, 0) is 23.8 Å². The lowest BCUT2D eigenvalue weighted by Crippen LogP contribution is -2.53. The second kappa shape index (κ2) is 4.70. The number of hydrogen-bond donors (Lipinski definition) is 1. The number of carbonyl (C=O) groups is 1. The van der Waals surface area contributed by atoms with Crippen LogP contribution >= 0.6 is 0 Å². The molecule has 1 fully saturated rings. The summed E-state index contributed by atoms with van der Waals surface area (Å²) in [6.07, 6.45) is 1.01. The fraction of sp³-hybridized carbons (Fsp3) is 0.700. The minimum atomic E-state index is -0.199. The first-order valence-corrected chi connectivity index (χ1v) is 5.71. The fourth-order valence-electron chi connectivity index (χ4n) is 2.06. The molecule has 0 spiro atoms. The van der Waals surface area contributed by atoms with Crippen molar-refractivity contribution in [3.63, 3.8) is 0 Å². The zero-order chi connectivity index (χ0) is 12.4. The Bertz CT molecular complexity index is 405. The fourth-order valence-corrected chi connectivity index (χ4v) is 2.06. The third-order valence-corrected chi connectivity index (χ3v) is 3.25. The molecule has 2 heterocycles. The summed E-state index contributed by atoms with van der Waals surface area (Å²) in [6.45, 7) is 4.34. The van der Waals surface area contributed by atoms with Crippen LogP contribution in [-0.4, -0.2) is 58.7 Å². The molecular weight excluding hydrogens is 222 g/mol. The third kappa shape index (κ3) is 2.23. The van der Waals surface area contributed by atoms with E-state index in [4.69, 9.17) is 5.73 Å². The predicted molar refractivity (Wildman–Crippen MR) is 61.3 cm³/mol. The van der Waals surface area contributed by atoms with Crippen molar-refractivity contribution in [1.82, 2.24) is 20.1 Å². The molecule has 0 bridgehead atoms.